The van der Waals surface area contributed by atoms with Crippen molar-refractivity contribution in [2.24, 2.45) is 11.3 Å². The summed E-state index contributed by atoms with van der Waals surface area (Å²) in [5.41, 5.74) is 1.59. The predicted octanol–water partition coefficient (Wildman–Crippen LogP) is 2.65. The van der Waals surface area contributed by atoms with Gasteiger partial charge in [0.25, 0.3) is 0 Å². The van der Waals surface area contributed by atoms with Crippen LogP contribution in [0.15, 0.2) is 30.3 Å². The maximum atomic E-state index is 5.89. The molecule has 1 aliphatic heterocycles. The van der Waals surface area contributed by atoms with Crippen LogP contribution >= 0.6 is 0 Å². The molecular formula is C18H27NO2. The third-order valence-electron chi connectivity index (χ3n) is 5.21. The summed E-state index contributed by atoms with van der Waals surface area (Å²) in [4.78, 5) is 0. The van der Waals surface area contributed by atoms with Gasteiger partial charge in [0, 0.05) is 37.1 Å². The molecule has 0 bridgehead atoms. The molecule has 3 heteroatoms. The van der Waals surface area contributed by atoms with Gasteiger partial charge in [-0.2, -0.15) is 0 Å². The van der Waals surface area contributed by atoms with Crippen LogP contribution in [-0.4, -0.2) is 38.5 Å². The Morgan fingerprint density at radius 2 is 2.10 bits per heavy atom. The second kappa shape index (κ2) is 6.07. The van der Waals surface area contributed by atoms with Gasteiger partial charge in [-0.25, -0.2) is 0 Å². The van der Waals surface area contributed by atoms with Gasteiger partial charge in [-0.15, -0.1) is 0 Å². The minimum atomic E-state index is 0.226. The zero-order valence-electron chi connectivity index (χ0n) is 13.3. The predicted molar refractivity (Wildman–Crippen MR) is 84.4 cm³/mol. The van der Waals surface area contributed by atoms with Crippen molar-refractivity contribution in [1.82, 2.24) is 5.32 Å². The molecule has 4 atom stereocenters. The first-order valence-corrected chi connectivity index (χ1v) is 8.03. The lowest BCUT2D eigenvalue weighted by Gasteiger charge is -2.55. The standard InChI is InChI=1S/C18H27NO2/c1-18(2)16(15-9-10-21-17(15)18)19-14(12-20-3)11-13-7-5-4-6-8-13/h4-8,14-17,19H,9-12H2,1-3H3/t14-,15-,16+,17+/m0/s1. The van der Waals surface area contributed by atoms with Crippen LogP contribution in [0.25, 0.3) is 0 Å². The number of fused-ring (bicyclic) bond motifs is 1. The Labute approximate surface area is 128 Å². The molecule has 1 saturated carbocycles. The smallest absolute Gasteiger partial charge is 0.0685 e. The lowest BCUT2D eigenvalue weighted by Crippen LogP contribution is -2.67. The van der Waals surface area contributed by atoms with Crippen LogP contribution in [-0.2, 0) is 15.9 Å². The van der Waals surface area contributed by atoms with E-state index in [1.165, 1.54) is 12.0 Å². The zero-order valence-corrected chi connectivity index (χ0v) is 13.3. The number of rotatable bonds is 6. The SMILES string of the molecule is COC[C@H](Cc1ccccc1)N[C@@H]1[C@@H]2CCO[C@H]2C1(C)C. The maximum Gasteiger partial charge on any atom is 0.0685 e. The molecule has 0 radical (unpaired) electrons. The van der Waals surface area contributed by atoms with Gasteiger partial charge in [-0.3, -0.25) is 0 Å². The minimum absolute atomic E-state index is 0.226. The highest BCUT2D eigenvalue weighted by Crippen LogP contribution is 2.52. The van der Waals surface area contributed by atoms with Crippen molar-refractivity contribution in [3.8, 4) is 0 Å². The van der Waals surface area contributed by atoms with E-state index in [1.807, 2.05) is 0 Å². The summed E-state index contributed by atoms with van der Waals surface area (Å²) in [5.74, 6) is 0.676. The van der Waals surface area contributed by atoms with E-state index in [1.54, 1.807) is 7.11 Å². The Balaban J connectivity index is 1.65. The van der Waals surface area contributed by atoms with E-state index in [0.29, 0.717) is 24.1 Å². The molecule has 3 rings (SSSR count). The number of methoxy groups -OCH3 is 1. The molecule has 2 aliphatic rings. The van der Waals surface area contributed by atoms with Gasteiger partial charge in [0.05, 0.1) is 12.7 Å². The molecule has 1 heterocycles. The van der Waals surface area contributed by atoms with Gasteiger partial charge < -0.3 is 14.8 Å². The average molecular weight is 289 g/mol. The van der Waals surface area contributed by atoms with Crippen LogP contribution in [0.3, 0.4) is 0 Å². The van der Waals surface area contributed by atoms with E-state index in [-0.39, 0.29) is 5.41 Å². The molecule has 0 spiro atoms. The molecule has 1 N–H and O–H groups in total. The van der Waals surface area contributed by atoms with Gasteiger partial charge in [-0.05, 0) is 18.4 Å². The Kier molecular flexibility index (Phi) is 4.34. The van der Waals surface area contributed by atoms with Crippen molar-refractivity contribution in [3.05, 3.63) is 35.9 Å². The highest BCUT2D eigenvalue weighted by Gasteiger charge is 2.59. The van der Waals surface area contributed by atoms with Gasteiger partial charge in [0.2, 0.25) is 0 Å². The Hall–Kier alpha value is -0.900. The second-order valence-electron chi connectivity index (χ2n) is 7.05. The van der Waals surface area contributed by atoms with Gasteiger partial charge >= 0.3 is 0 Å². The first-order valence-electron chi connectivity index (χ1n) is 8.03. The van der Waals surface area contributed by atoms with Crippen LogP contribution in [0, 0.1) is 11.3 Å². The molecule has 1 aromatic carbocycles. The van der Waals surface area contributed by atoms with Crippen molar-refractivity contribution in [3.63, 3.8) is 0 Å². The summed E-state index contributed by atoms with van der Waals surface area (Å²) in [6.07, 6.45) is 2.64. The van der Waals surface area contributed by atoms with E-state index in [9.17, 15) is 0 Å². The summed E-state index contributed by atoms with van der Waals surface area (Å²) in [6.45, 7) is 6.32. The first kappa shape index (κ1) is 15.0. The summed E-state index contributed by atoms with van der Waals surface area (Å²) in [6, 6.07) is 11.6. The fraction of sp³-hybridized carbons (Fsp3) is 0.667. The molecule has 0 unspecified atom stereocenters. The number of ether oxygens (including phenoxy) is 2. The number of benzene rings is 1. The summed E-state index contributed by atoms with van der Waals surface area (Å²) in [7, 11) is 1.78. The summed E-state index contributed by atoms with van der Waals surface area (Å²) >= 11 is 0. The highest BCUT2D eigenvalue weighted by atomic mass is 16.5. The van der Waals surface area contributed by atoms with Crippen molar-refractivity contribution in [1.29, 1.82) is 0 Å². The molecule has 3 nitrogen and oxygen atoms in total. The molecule has 0 amide bonds. The minimum Gasteiger partial charge on any atom is -0.383 e. The van der Waals surface area contributed by atoms with Crippen LogP contribution in [0.2, 0.25) is 0 Å². The molecule has 2 fully saturated rings. The van der Waals surface area contributed by atoms with E-state index < -0.39 is 0 Å². The molecule has 1 aliphatic carbocycles. The Morgan fingerprint density at radius 1 is 1.33 bits per heavy atom. The van der Waals surface area contributed by atoms with E-state index in [0.717, 1.165) is 19.6 Å². The van der Waals surface area contributed by atoms with Gasteiger partial charge in [-0.1, -0.05) is 44.2 Å². The second-order valence-corrected chi connectivity index (χ2v) is 7.05. The fourth-order valence-electron chi connectivity index (χ4n) is 4.18. The van der Waals surface area contributed by atoms with Crippen LogP contribution in [0.4, 0.5) is 0 Å². The monoisotopic (exact) mass is 289 g/mol. The zero-order chi connectivity index (χ0) is 14.9. The number of nitrogens with one attached hydrogen (secondary N) is 1. The lowest BCUT2D eigenvalue weighted by atomic mass is 9.57. The van der Waals surface area contributed by atoms with E-state index >= 15 is 0 Å². The summed E-state index contributed by atoms with van der Waals surface area (Å²) in [5, 5.41) is 3.86. The van der Waals surface area contributed by atoms with Crippen LogP contribution in [0.5, 0.6) is 0 Å². The van der Waals surface area contributed by atoms with Crippen molar-refractivity contribution >= 4 is 0 Å². The molecular weight excluding hydrogens is 262 g/mol. The van der Waals surface area contributed by atoms with Gasteiger partial charge in [0.15, 0.2) is 0 Å². The molecule has 21 heavy (non-hydrogen) atoms. The first-order chi connectivity index (χ1) is 10.1. The lowest BCUT2D eigenvalue weighted by molar-refractivity contribution is -0.117. The highest BCUT2D eigenvalue weighted by molar-refractivity contribution is 5.17. The Morgan fingerprint density at radius 3 is 2.81 bits per heavy atom. The quantitative estimate of drug-likeness (QED) is 0.873. The maximum absolute atomic E-state index is 5.89. The number of hydrogen-bond donors (Lipinski definition) is 1. The van der Waals surface area contributed by atoms with Crippen molar-refractivity contribution in [2.75, 3.05) is 20.3 Å². The molecule has 116 valence electrons. The van der Waals surface area contributed by atoms with E-state index in [2.05, 4.69) is 49.5 Å². The van der Waals surface area contributed by atoms with E-state index in [4.69, 9.17) is 9.47 Å². The van der Waals surface area contributed by atoms with Crippen molar-refractivity contribution < 1.29 is 9.47 Å². The Bertz CT molecular complexity index is 460. The van der Waals surface area contributed by atoms with Gasteiger partial charge in [0.1, 0.15) is 0 Å². The van der Waals surface area contributed by atoms with Crippen molar-refractivity contribution in [2.45, 2.75) is 44.9 Å². The molecule has 1 aromatic rings. The average Bonchev–Trinajstić information content (AvgIpc) is 2.93. The normalized spacial score (nSPS) is 31.5. The summed E-state index contributed by atoms with van der Waals surface area (Å²) < 4.78 is 11.3. The fourth-order valence-corrected chi connectivity index (χ4v) is 4.18. The molecule has 1 saturated heterocycles. The molecule has 0 aromatic heterocycles. The van der Waals surface area contributed by atoms with Crippen LogP contribution in [0.1, 0.15) is 25.8 Å². The topological polar surface area (TPSA) is 30.5 Å². The number of hydrogen-bond acceptors (Lipinski definition) is 3. The van der Waals surface area contributed by atoms with Crippen LogP contribution < -0.4 is 5.32 Å². The largest absolute Gasteiger partial charge is 0.383 e. The third kappa shape index (κ3) is 2.87. The third-order valence-corrected chi connectivity index (χ3v) is 5.21.